The number of fused-ring (bicyclic) bond motifs is 2. The highest BCUT2D eigenvalue weighted by Gasteiger charge is 2.40. The van der Waals surface area contributed by atoms with Crippen molar-refractivity contribution in [2.45, 2.75) is 31.8 Å². The molecule has 2 bridgehead atoms. The number of hydrogen-bond donors (Lipinski definition) is 1. The zero-order valence-electron chi connectivity index (χ0n) is 16.0. The molecule has 2 N–H and O–H groups in total. The molecule has 1 aromatic carbocycles. The smallest absolute Gasteiger partial charge is 0.169 e. The van der Waals surface area contributed by atoms with E-state index in [-0.39, 0.29) is 0 Å². The van der Waals surface area contributed by atoms with Gasteiger partial charge in [0.1, 0.15) is 0 Å². The van der Waals surface area contributed by atoms with Crippen LogP contribution in [0.3, 0.4) is 0 Å². The van der Waals surface area contributed by atoms with Gasteiger partial charge in [-0.25, -0.2) is 0 Å². The molecule has 2 atom stereocenters. The van der Waals surface area contributed by atoms with Crippen molar-refractivity contribution < 1.29 is 0 Å². The van der Waals surface area contributed by atoms with Crippen LogP contribution < -0.4 is 15.5 Å². The average Bonchev–Trinajstić information content (AvgIpc) is 2.99. The summed E-state index contributed by atoms with van der Waals surface area (Å²) in [5.74, 6) is 0.507. The van der Waals surface area contributed by atoms with Gasteiger partial charge in [-0.05, 0) is 38.0 Å². The van der Waals surface area contributed by atoms with Crippen molar-refractivity contribution in [3.63, 3.8) is 0 Å². The van der Waals surface area contributed by atoms with Crippen molar-refractivity contribution in [3.05, 3.63) is 60.4 Å². The number of aryl methyl sites for hydroxylation is 1. The Bertz CT molecular complexity index is 975. The third-order valence-corrected chi connectivity index (χ3v) is 5.87. The van der Waals surface area contributed by atoms with Gasteiger partial charge in [0.05, 0.1) is 11.4 Å². The van der Waals surface area contributed by atoms with Crippen LogP contribution in [-0.2, 0) is 0 Å². The van der Waals surface area contributed by atoms with Gasteiger partial charge < -0.3 is 15.5 Å². The molecule has 28 heavy (non-hydrogen) atoms. The van der Waals surface area contributed by atoms with Gasteiger partial charge in [0.15, 0.2) is 5.82 Å². The number of nitrogens with zero attached hydrogens (tertiary/aromatic N) is 5. The summed E-state index contributed by atoms with van der Waals surface area (Å²) in [4.78, 5) is 9.32. The highest BCUT2D eigenvalue weighted by molar-refractivity contribution is 5.71. The summed E-state index contributed by atoms with van der Waals surface area (Å²) in [6, 6.07) is 17.5. The Kier molecular flexibility index (Phi) is 4.11. The maximum atomic E-state index is 6.24. The summed E-state index contributed by atoms with van der Waals surface area (Å²) < 4.78 is 0. The number of rotatable bonds is 3. The van der Waals surface area contributed by atoms with E-state index in [2.05, 4.69) is 62.2 Å². The van der Waals surface area contributed by atoms with Crippen LogP contribution in [0.25, 0.3) is 11.3 Å². The fourth-order valence-electron chi connectivity index (χ4n) is 4.61. The van der Waals surface area contributed by atoms with Gasteiger partial charge >= 0.3 is 0 Å². The molecule has 5 rings (SSSR count). The van der Waals surface area contributed by atoms with Crippen molar-refractivity contribution in [2.75, 3.05) is 28.6 Å². The van der Waals surface area contributed by atoms with Crippen molar-refractivity contribution >= 4 is 17.2 Å². The third kappa shape index (κ3) is 2.95. The van der Waals surface area contributed by atoms with E-state index in [0.29, 0.717) is 17.9 Å². The minimum absolute atomic E-state index is 0.480. The van der Waals surface area contributed by atoms with Crippen LogP contribution in [0, 0.1) is 6.92 Å². The predicted molar refractivity (Wildman–Crippen MR) is 112 cm³/mol. The largest absolute Gasteiger partial charge is 0.380 e. The van der Waals surface area contributed by atoms with Gasteiger partial charge in [-0.15, -0.1) is 10.2 Å². The normalized spacial score (nSPS) is 21.2. The number of piperazine rings is 1. The Morgan fingerprint density at radius 1 is 0.964 bits per heavy atom. The van der Waals surface area contributed by atoms with Gasteiger partial charge in [0.2, 0.25) is 0 Å². The second kappa shape index (κ2) is 6.78. The summed E-state index contributed by atoms with van der Waals surface area (Å²) in [5.41, 5.74) is 11.5. The number of aromatic nitrogens is 3. The Labute approximate surface area is 165 Å². The Balaban J connectivity index is 1.44. The zero-order chi connectivity index (χ0) is 19.1. The molecule has 0 saturated carbocycles. The lowest BCUT2D eigenvalue weighted by Gasteiger charge is -2.43. The van der Waals surface area contributed by atoms with Crippen LogP contribution in [-0.4, -0.2) is 40.4 Å². The van der Waals surface area contributed by atoms with E-state index in [1.807, 2.05) is 24.4 Å². The molecule has 6 nitrogen and oxygen atoms in total. The molecule has 2 fully saturated rings. The van der Waals surface area contributed by atoms with Crippen LogP contribution >= 0.6 is 0 Å². The van der Waals surface area contributed by atoms with Crippen molar-refractivity contribution in [1.82, 2.24) is 15.2 Å². The molecular weight excluding hydrogens is 348 g/mol. The van der Waals surface area contributed by atoms with E-state index in [0.717, 1.165) is 35.7 Å². The van der Waals surface area contributed by atoms with Gasteiger partial charge in [0.25, 0.3) is 0 Å². The van der Waals surface area contributed by atoms with Crippen molar-refractivity contribution in [1.29, 1.82) is 0 Å². The average molecular weight is 372 g/mol. The number of benzene rings is 1. The molecule has 0 radical (unpaired) electrons. The molecule has 0 aliphatic carbocycles. The molecule has 4 heterocycles. The first-order valence-electron chi connectivity index (χ1n) is 9.83. The van der Waals surface area contributed by atoms with E-state index < -0.39 is 0 Å². The molecule has 2 unspecified atom stereocenters. The Morgan fingerprint density at radius 2 is 1.71 bits per heavy atom. The first kappa shape index (κ1) is 17.0. The number of nitrogen functional groups attached to an aromatic ring is 1. The van der Waals surface area contributed by atoms with Gasteiger partial charge in [-0.3, -0.25) is 4.98 Å². The highest BCUT2D eigenvalue weighted by Crippen LogP contribution is 2.38. The van der Waals surface area contributed by atoms with Crippen LogP contribution in [0.4, 0.5) is 17.2 Å². The lowest BCUT2D eigenvalue weighted by Crippen LogP contribution is -2.54. The Morgan fingerprint density at radius 3 is 2.43 bits per heavy atom. The number of hydrogen-bond acceptors (Lipinski definition) is 6. The molecule has 2 aromatic heterocycles. The molecular formula is C22H24N6. The van der Waals surface area contributed by atoms with Crippen molar-refractivity contribution in [3.8, 4) is 11.3 Å². The van der Waals surface area contributed by atoms with Crippen LogP contribution in [0.5, 0.6) is 0 Å². The van der Waals surface area contributed by atoms with Gasteiger partial charge in [-0.2, -0.15) is 0 Å². The summed E-state index contributed by atoms with van der Waals surface area (Å²) >= 11 is 0. The minimum Gasteiger partial charge on any atom is -0.380 e. The number of pyridine rings is 1. The van der Waals surface area contributed by atoms with Crippen molar-refractivity contribution in [2.24, 2.45) is 0 Å². The zero-order valence-corrected chi connectivity index (χ0v) is 16.0. The monoisotopic (exact) mass is 372 g/mol. The standard InChI is InChI=1S/C22H24N6/c1-15-11-17(9-10-24-15)28-18-7-8-19(28)14-27(13-18)21-12-20(25-26-22(21)23)16-5-3-2-4-6-16/h2-6,9-12,18-19H,7-8,13-14H2,1H3,(H2,23,26). The summed E-state index contributed by atoms with van der Waals surface area (Å²) in [5, 5.41) is 8.57. The lowest BCUT2D eigenvalue weighted by molar-refractivity contribution is 0.534. The highest BCUT2D eigenvalue weighted by atomic mass is 15.3. The lowest BCUT2D eigenvalue weighted by atomic mass is 10.1. The fraction of sp³-hybridized carbons (Fsp3) is 0.318. The number of anilines is 3. The van der Waals surface area contributed by atoms with E-state index >= 15 is 0 Å². The topological polar surface area (TPSA) is 71.2 Å². The van der Waals surface area contributed by atoms with Gasteiger partial charge in [0, 0.05) is 48.3 Å². The molecule has 3 aromatic rings. The summed E-state index contributed by atoms with van der Waals surface area (Å²) in [6.45, 7) is 3.94. The molecule has 2 aliphatic rings. The van der Waals surface area contributed by atoms with Crippen LogP contribution in [0.1, 0.15) is 18.5 Å². The SMILES string of the molecule is Cc1cc(N2C3CCC2CN(c2cc(-c4ccccc4)nnc2N)C3)ccn1. The van der Waals surface area contributed by atoms with Crippen LogP contribution in [0.15, 0.2) is 54.7 Å². The molecule has 0 amide bonds. The third-order valence-electron chi connectivity index (χ3n) is 5.87. The van der Waals surface area contributed by atoms with E-state index in [1.165, 1.54) is 18.5 Å². The maximum absolute atomic E-state index is 6.24. The number of nitrogens with two attached hydrogens (primary N) is 1. The first-order chi connectivity index (χ1) is 13.7. The predicted octanol–water partition coefficient (Wildman–Crippen LogP) is 3.29. The maximum Gasteiger partial charge on any atom is 0.169 e. The molecule has 0 spiro atoms. The fourth-order valence-corrected chi connectivity index (χ4v) is 4.61. The molecule has 2 saturated heterocycles. The Hall–Kier alpha value is -3.15. The molecule has 142 valence electrons. The second-order valence-corrected chi connectivity index (χ2v) is 7.72. The summed E-state index contributed by atoms with van der Waals surface area (Å²) in [7, 11) is 0. The van der Waals surface area contributed by atoms with E-state index in [4.69, 9.17) is 5.73 Å². The molecule has 2 aliphatic heterocycles. The first-order valence-corrected chi connectivity index (χ1v) is 9.83. The van der Waals surface area contributed by atoms with Crippen LogP contribution in [0.2, 0.25) is 0 Å². The van der Waals surface area contributed by atoms with E-state index in [1.54, 1.807) is 0 Å². The molecule has 6 heteroatoms. The minimum atomic E-state index is 0.480. The van der Waals surface area contributed by atoms with Gasteiger partial charge in [-0.1, -0.05) is 30.3 Å². The van der Waals surface area contributed by atoms with E-state index in [9.17, 15) is 0 Å². The summed E-state index contributed by atoms with van der Waals surface area (Å²) in [6.07, 6.45) is 4.31. The second-order valence-electron chi connectivity index (χ2n) is 7.72. The quantitative estimate of drug-likeness (QED) is 0.761.